The quantitative estimate of drug-likeness (QED) is 0.830. The molecule has 2 aromatic rings. The molecule has 0 aliphatic carbocycles. The molecule has 0 saturated carbocycles. The maximum atomic E-state index is 12.0. The van der Waals surface area contributed by atoms with Crippen LogP contribution >= 0.6 is 11.8 Å². The Bertz CT molecular complexity index is 637. The third-order valence-electron chi connectivity index (χ3n) is 2.80. The summed E-state index contributed by atoms with van der Waals surface area (Å²) in [6.45, 7) is 1.81. The van der Waals surface area contributed by atoms with Crippen LogP contribution in [0.15, 0.2) is 46.0 Å². The van der Waals surface area contributed by atoms with E-state index in [2.05, 4.69) is 14.4 Å². The molecular weight excluding hydrogens is 296 g/mol. The van der Waals surface area contributed by atoms with E-state index in [0.717, 1.165) is 10.5 Å². The summed E-state index contributed by atoms with van der Waals surface area (Å²) in [5, 5.41) is 3.61. The molecule has 0 aliphatic heterocycles. The zero-order chi connectivity index (χ0) is 14.6. The molecule has 0 saturated heterocycles. The highest BCUT2D eigenvalue weighted by atomic mass is 32.2. The van der Waals surface area contributed by atoms with Gasteiger partial charge in [0.2, 0.25) is 10.0 Å². The van der Waals surface area contributed by atoms with Crippen molar-refractivity contribution in [2.45, 2.75) is 23.6 Å². The van der Waals surface area contributed by atoms with Crippen molar-refractivity contribution >= 4 is 21.8 Å². The molecular formula is C13H16N2O3S2. The first kappa shape index (κ1) is 15.1. The van der Waals surface area contributed by atoms with Crippen molar-refractivity contribution in [2.24, 2.45) is 0 Å². The lowest BCUT2D eigenvalue weighted by Crippen LogP contribution is -2.28. The SMILES string of the molecule is CSc1ccc([C@H](C)NS(=O)(=O)Cc2ccon2)cc1. The summed E-state index contributed by atoms with van der Waals surface area (Å²) in [5.41, 5.74) is 1.31. The van der Waals surface area contributed by atoms with E-state index in [9.17, 15) is 8.42 Å². The third kappa shape index (κ3) is 4.09. The molecule has 0 aliphatic rings. The predicted molar refractivity (Wildman–Crippen MR) is 78.9 cm³/mol. The second kappa shape index (κ2) is 6.43. The van der Waals surface area contributed by atoms with Crippen LogP contribution < -0.4 is 4.72 Å². The summed E-state index contributed by atoms with van der Waals surface area (Å²) in [6, 6.07) is 9.05. The Kier molecular flexibility index (Phi) is 4.85. The highest BCUT2D eigenvalue weighted by molar-refractivity contribution is 7.98. The van der Waals surface area contributed by atoms with Gasteiger partial charge in [-0.2, -0.15) is 0 Å². The van der Waals surface area contributed by atoms with E-state index in [-0.39, 0.29) is 11.8 Å². The van der Waals surface area contributed by atoms with Gasteiger partial charge in [0.1, 0.15) is 12.0 Å². The molecule has 1 heterocycles. The van der Waals surface area contributed by atoms with E-state index in [1.807, 2.05) is 37.4 Å². The third-order valence-corrected chi connectivity index (χ3v) is 4.93. The fraction of sp³-hybridized carbons (Fsp3) is 0.308. The van der Waals surface area contributed by atoms with Gasteiger partial charge < -0.3 is 4.52 Å². The molecule has 1 aromatic carbocycles. The van der Waals surface area contributed by atoms with Crippen LogP contribution in [0, 0.1) is 0 Å². The first-order chi connectivity index (χ1) is 9.50. The van der Waals surface area contributed by atoms with Crippen LogP contribution in [-0.2, 0) is 15.8 Å². The number of hydrogen-bond acceptors (Lipinski definition) is 5. The van der Waals surface area contributed by atoms with E-state index in [4.69, 9.17) is 0 Å². The van der Waals surface area contributed by atoms with Gasteiger partial charge >= 0.3 is 0 Å². The summed E-state index contributed by atoms with van der Waals surface area (Å²) < 4.78 is 31.3. The minimum Gasteiger partial charge on any atom is -0.364 e. The second-order valence-corrected chi connectivity index (χ2v) is 7.00. The van der Waals surface area contributed by atoms with Crippen LogP contribution in [0.5, 0.6) is 0 Å². The molecule has 0 bridgehead atoms. The number of sulfonamides is 1. The largest absolute Gasteiger partial charge is 0.364 e. The molecule has 0 fully saturated rings. The van der Waals surface area contributed by atoms with Gasteiger partial charge in [-0.05, 0) is 30.9 Å². The Labute approximate surface area is 122 Å². The number of nitrogens with one attached hydrogen (secondary N) is 1. The van der Waals surface area contributed by atoms with Gasteiger partial charge in [-0.3, -0.25) is 0 Å². The van der Waals surface area contributed by atoms with Crippen molar-refractivity contribution in [3.05, 3.63) is 47.9 Å². The maximum Gasteiger partial charge on any atom is 0.218 e. The Morgan fingerprint density at radius 3 is 2.55 bits per heavy atom. The molecule has 0 unspecified atom stereocenters. The number of thioether (sulfide) groups is 1. The standard InChI is InChI=1S/C13H16N2O3S2/c1-10(11-3-5-13(19-2)6-4-11)15-20(16,17)9-12-7-8-18-14-12/h3-8,10,15H,9H2,1-2H3/t10-/m0/s1. The lowest BCUT2D eigenvalue weighted by atomic mass is 10.1. The van der Waals surface area contributed by atoms with Crippen LogP contribution in [0.3, 0.4) is 0 Å². The smallest absolute Gasteiger partial charge is 0.218 e. The highest BCUT2D eigenvalue weighted by Gasteiger charge is 2.17. The predicted octanol–water partition coefficient (Wildman–Crippen LogP) is 2.58. The number of nitrogens with zero attached hydrogens (tertiary/aromatic N) is 1. The zero-order valence-corrected chi connectivity index (χ0v) is 12.9. The Morgan fingerprint density at radius 2 is 2.00 bits per heavy atom. The monoisotopic (exact) mass is 312 g/mol. The van der Waals surface area contributed by atoms with E-state index >= 15 is 0 Å². The van der Waals surface area contributed by atoms with Crippen LogP contribution in [0.1, 0.15) is 24.2 Å². The van der Waals surface area contributed by atoms with Gasteiger partial charge in [0, 0.05) is 17.0 Å². The van der Waals surface area contributed by atoms with Crippen LogP contribution in [-0.4, -0.2) is 19.8 Å². The second-order valence-electron chi connectivity index (χ2n) is 4.36. The van der Waals surface area contributed by atoms with Crippen molar-refractivity contribution in [3.8, 4) is 0 Å². The van der Waals surface area contributed by atoms with Crippen molar-refractivity contribution in [1.82, 2.24) is 9.88 Å². The highest BCUT2D eigenvalue weighted by Crippen LogP contribution is 2.19. The number of rotatable bonds is 6. The minimum atomic E-state index is -3.45. The summed E-state index contributed by atoms with van der Waals surface area (Å²) in [5.74, 6) is -0.184. The van der Waals surface area contributed by atoms with Crippen LogP contribution in [0.4, 0.5) is 0 Å². The van der Waals surface area contributed by atoms with Gasteiger partial charge in [0.25, 0.3) is 0 Å². The maximum absolute atomic E-state index is 12.0. The molecule has 1 N–H and O–H groups in total. The molecule has 0 amide bonds. The van der Waals surface area contributed by atoms with Crippen molar-refractivity contribution in [2.75, 3.05) is 6.26 Å². The van der Waals surface area contributed by atoms with E-state index in [1.54, 1.807) is 11.8 Å². The lowest BCUT2D eigenvalue weighted by Gasteiger charge is -2.14. The van der Waals surface area contributed by atoms with Gasteiger partial charge in [0.15, 0.2) is 0 Å². The van der Waals surface area contributed by atoms with Gasteiger partial charge in [-0.1, -0.05) is 17.3 Å². The Balaban J connectivity index is 2.04. The zero-order valence-electron chi connectivity index (χ0n) is 11.2. The van der Waals surface area contributed by atoms with Crippen molar-refractivity contribution < 1.29 is 12.9 Å². The van der Waals surface area contributed by atoms with Gasteiger partial charge in [0.05, 0.1) is 5.69 Å². The van der Waals surface area contributed by atoms with E-state index < -0.39 is 10.0 Å². The normalized spacial score (nSPS) is 13.3. The van der Waals surface area contributed by atoms with Crippen LogP contribution in [0.25, 0.3) is 0 Å². The Hall–Kier alpha value is -1.31. The van der Waals surface area contributed by atoms with Crippen molar-refractivity contribution in [3.63, 3.8) is 0 Å². The average molecular weight is 312 g/mol. The lowest BCUT2D eigenvalue weighted by molar-refractivity contribution is 0.413. The number of benzene rings is 1. The van der Waals surface area contributed by atoms with E-state index in [1.165, 1.54) is 12.3 Å². The fourth-order valence-corrected chi connectivity index (χ4v) is 3.48. The molecule has 0 radical (unpaired) electrons. The first-order valence-corrected chi connectivity index (χ1v) is 8.91. The average Bonchev–Trinajstić information content (AvgIpc) is 2.90. The number of hydrogen-bond donors (Lipinski definition) is 1. The fourth-order valence-electron chi connectivity index (χ4n) is 1.78. The van der Waals surface area contributed by atoms with Gasteiger partial charge in [-0.25, -0.2) is 13.1 Å². The molecule has 5 nitrogen and oxygen atoms in total. The topological polar surface area (TPSA) is 72.2 Å². The minimum absolute atomic E-state index is 0.184. The molecule has 20 heavy (non-hydrogen) atoms. The van der Waals surface area contributed by atoms with E-state index in [0.29, 0.717) is 5.69 Å². The molecule has 0 spiro atoms. The molecule has 1 aromatic heterocycles. The molecule has 7 heteroatoms. The van der Waals surface area contributed by atoms with Crippen molar-refractivity contribution in [1.29, 1.82) is 0 Å². The molecule has 1 atom stereocenters. The molecule has 2 rings (SSSR count). The number of aromatic nitrogens is 1. The van der Waals surface area contributed by atoms with Crippen LogP contribution in [0.2, 0.25) is 0 Å². The first-order valence-electron chi connectivity index (χ1n) is 6.03. The van der Waals surface area contributed by atoms with Gasteiger partial charge in [-0.15, -0.1) is 11.8 Å². The summed E-state index contributed by atoms with van der Waals surface area (Å²) in [7, 11) is -3.45. The summed E-state index contributed by atoms with van der Waals surface area (Å²) >= 11 is 1.65. The summed E-state index contributed by atoms with van der Waals surface area (Å²) in [6.07, 6.45) is 3.36. The summed E-state index contributed by atoms with van der Waals surface area (Å²) in [4.78, 5) is 1.14. The molecule has 108 valence electrons. The Morgan fingerprint density at radius 1 is 1.30 bits per heavy atom.